The first-order chi connectivity index (χ1) is 13.6. The molecule has 0 heteroatoms. The van der Waals surface area contributed by atoms with Gasteiger partial charge in [-0.25, -0.2) is 0 Å². The average molecular weight is 363 g/mol. The summed E-state index contributed by atoms with van der Waals surface area (Å²) in [6.45, 7) is 4.70. The minimum absolute atomic E-state index is 0.0750. The standard InChI is InChI=1S/C28H26/c1-28(2)25-13-7-6-12-24(25)27-23(11-8-14-26(27)28)19-20-15-17-22(18-16-20)21-9-4-3-5-10-21/h4,6-18H,3,5,19H2,1-2H3. The second kappa shape index (κ2) is 6.63. The van der Waals surface area contributed by atoms with E-state index in [2.05, 4.69) is 98.8 Å². The first kappa shape index (κ1) is 17.3. The van der Waals surface area contributed by atoms with E-state index in [4.69, 9.17) is 0 Å². The predicted molar refractivity (Wildman–Crippen MR) is 120 cm³/mol. The molecular formula is C28H26. The van der Waals surface area contributed by atoms with Gasteiger partial charge in [0.1, 0.15) is 0 Å². The number of hydrogen-bond acceptors (Lipinski definition) is 0. The van der Waals surface area contributed by atoms with Crippen LogP contribution < -0.4 is 0 Å². The normalized spacial score (nSPS) is 16.4. The van der Waals surface area contributed by atoms with E-state index in [0.29, 0.717) is 0 Å². The molecule has 28 heavy (non-hydrogen) atoms. The van der Waals surface area contributed by atoms with Crippen molar-refractivity contribution in [2.75, 3.05) is 0 Å². The van der Waals surface area contributed by atoms with Gasteiger partial charge in [0.2, 0.25) is 0 Å². The van der Waals surface area contributed by atoms with Gasteiger partial charge in [0.05, 0.1) is 0 Å². The van der Waals surface area contributed by atoms with Crippen LogP contribution in [0.15, 0.2) is 85.0 Å². The van der Waals surface area contributed by atoms with Crippen LogP contribution in [-0.2, 0) is 11.8 Å². The third-order valence-corrected chi connectivity index (χ3v) is 6.37. The molecule has 0 atom stereocenters. The molecule has 0 bridgehead atoms. The third-order valence-electron chi connectivity index (χ3n) is 6.37. The number of hydrogen-bond donors (Lipinski definition) is 0. The van der Waals surface area contributed by atoms with Crippen LogP contribution in [0.2, 0.25) is 0 Å². The Bertz CT molecular complexity index is 1090. The fraction of sp³-hybridized carbons (Fsp3) is 0.214. The zero-order chi connectivity index (χ0) is 19.1. The van der Waals surface area contributed by atoms with Gasteiger partial charge in [-0.2, -0.15) is 0 Å². The van der Waals surface area contributed by atoms with E-state index in [1.807, 2.05) is 0 Å². The quantitative estimate of drug-likeness (QED) is 0.458. The first-order valence-corrected chi connectivity index (χ1v) is 10.3. The molecule has 0 nitrogen and oxygen atoms in total. The summed E-state index contributed by atoms with van der Waals surface area (Å²) in [6.07, 6.45) is 10.2. The van der Waals surface area contributed by atoms with Gasteiger partial charge in [-0.15, -0.1) is 0 Å². The number of fused-ring (bicyclic) bond motifs is 3. The molecule has 0 amide bonds. The molecule has 3 aromatic rings. The largest absolute Gasteiger partial charge is 0.0836 e. The minimum Gasteiger partial charge on any atom is -0.0836 e. The molecule has 138 valence electrons. The Labute approximate surface area is 168 Å². The maximum atomic E-state index is 2.35. The Kier molecular flexibility index (Phi) is 4.09. The molecule has 0 unspecified atom stereocenters. The van der Waals surface area contributed by atoms with Gasteiger partial charge >= 0.3 is 0 Å². The van der Waals surface area contributed by atoms with Crippen molar-refractivity contribution >= 4 is 5.57 Å². The van der Waals surface area contributed by atoms with E-state index in [0.717, 1.165) is 12.8 Å². The highest BCUT2D eigenvalue weighted by Gasteiger charge is 2.36. The second-order valence-corrected chi connectivity index (χ2v) is 8.52. The minimum atomic E-state index is 0.0750. The Morgan fingerprint density at radius 3 is 2.36 bits per heavy atom. The number of rotatable bonds is 3. The molecule has 3 aromatic carbocycles. The van der Waals surface area contributed by atoms with Crippen LogP contribution in [0.1, 0.15) is 54.5 Å². The molecule has 5 rings (SSSR count). The van der Waals surface area contributed by atoms with Crippen molar-refractivity contribution in [1.29, 1.82) is 0 Å². The van der Waals surface area contributed by atoms with E-state index in [-0.39, 0.29) is 5.41 Å². The Balaban J connectivity index is 1.51. The Morgan fingerprint density at radius 2 is 1.57 bits per heavy atom. The van der Waals surface area contributed by atoms with E-state index >= 15 is 0 Å². The molecule has 0 radical (unpaired) electrons. The van der Waals surface area contributed by atoms with E-state index in [9.17, 15) is 0 Å². The number of benzene rings is 3. The van der Waals surface area contributed by atoms with Gasteiger partial charge in [0.15, 0.2) is 0 Å². The molecule has 0 fully saturated rings. The highest BCUT2D eigenvalue weighted by Crippen LogP contribution is 2.50. The smallest absolute Gasteiger partial charge is 0.0158 e. The van der Waals surface area contributed by atoms with Crippen molar-refractivity contribution in [1.82, 2.24) is 0 Å². The maximum absolute atomic E-state index is 2.35. The summed E-state index contributed by atoms with van der Waals surface area (Å²) in [7, 11) is 0. The number of allylic oxidation sites excluding steroid dienone is 4. The summed E-state index contributed by atoms with van der Waals surface area (Å²) in [5, 5.41) is 0. The van der Waals surface area contributed by atoms with Crippen molar-refractivity contribution in [3.63, 3.8) is 0 Å². The van der Waals surface area contributed by atoms with Crippen LogP contribution in [0, 0.1) is 0 Å². The second-order valence-electron chi connectivity index (χ2n) is 8.52. The average Bonchev–Trinajstić information content (AvgIpc) is 2.98. The Hall–Kier alpha value is -2.86. The van der Waals surface area contributed by atoms with Crippen molar-refractivity contribution < 1.29 is 0 Å². The van der Waals surface area contributed by atoms with E-state index in [1.54, 1.807) is 0 Å². The van der Waals surface area contributed by atoms with Crippen LogP contribution in [0.3, 0.4) is 0 Å². The molecule has 0 saturated heterocycles. The lowest BCUT2D eigenvalue weighted by atomic mass is 9.82. The molecule has 2 aliphatic rings. The van der Waals surface area contributed by atoms with Crippen LogP contribution in [-0.4, -0.2) is 0 Å². The molecule has 0 aliphatic heterocycles. The zero-order valence-corrected chi connectivity index (χ0v) is 16.7. The molecule has 2 aliphatic carbocycles. The summed E-state index contributed by atoms with van der Waals surface area (Å²) in [6, 6.07) is 24.9. The monoisotopic (exact) mass is 362 g/mol. The SMILES string of the molecule is CC1(C)c2ccccc2-c2c(Cc3ccc(C4=CCCC=C4)cc3)cccc21. The predicted octanol–water partition coefficient (Wildman–Crippen LogP) is 7.32. The van der Waals surface area contributed by atoms with Gasteiger partial charge in [-0.3, -0.25) is 0 Å². The third kappa shape index (κ3) is 2.76. The highest BCUT2D eigenvalue weighted by molar-refractivity contribution is 5.83. The van der Waals surface area contributed by atoms with Crippen LogP contribution in [0.4, 0.5) is 0 Å². The van der Waals surface area contributed by atoms with Gasteiger partial charge in [0.25, 0.3) is 0 Å². The summed E-state index contributed by atoms with van der Waals surface area (Å²) in [5.74, 6) is 0. The van der Waals surface area contributed by atoms with Crippen LogP contribution in [0.25, 0.3) is 16.7 Å². The van der Waals surface area contributed by atoms with Gasteiger partial charge in [-0.05, 0) is 63.8 Å². The summed E-state index contributed by atoms with van der Waals surface area (Å²) < 4.78 is 0. The van der Waals surface area contributed by atoms with Crippen molar-refractivity contribution in [2.24, 2.45) is 0 Å². The summed E-state index contributed by atoms with van der Waals surface area (Å²) in [5.41, 5.74) is 11.3. The van der Waals surface area contributed by atoms with Gasteiger partial charge in [-0.1, -0.05) is 98.8 Å². The van der Waals surface area contributed by atoms with E-state index < -0.39 is 0 Å². The van der Waals surface area contributed by atoms with Gasteiger partial charge in [0, 0.05) is 5.41 Å². The summed E-state index contributed by atoms with van der Waals surface area (Å²) >= 11 is 0. The fourth-order valence-electron chi connectivity index (χ4n) is 4.84. The molecule has 0 heterocycles. The Morgan fingerprint density at radius 1 is 0.786 bits per heavy atom. The summed E-state index contributed by atoms with van der Waals surface area (Å²) in [4.78, 5) is 0. The molecular weight excluding hydrogens is 336 g/mol. The fourth-order valence-corrected chi connectivity index (χ4v) is 4.84. The maximum Gasteiger partial charge on any atom is 0.0158 e. The zero-order valence-electron chi connectivity index (χ0n) is 16.7. The van der Waals surface area contributed by atoms with Crippen LogP contribution in [0.5, 0.6) is 0 Å². The van der Waals surface area contributed by atoms with Crippen LogP contribution >= 0.6 is 0 Å². The highest BCUT2D eigenvalue weighted by atomic mass is 14.4. The topological polar surface area (TPSA) is 0 Å². The molecule has 0 aromatic heterocycles. The molecule has 0 N–H and O–H groups in total. The molecule has 0 spiro atoms. The van der Waals surface area contributed by atoms with Gasteiger partial charge < -0.3 is 0 Å². The first-order valence-electron chi connectivity index (χ1n) is 10.3. The lowest BCUT2D eigenvalue weighted by Gasteiger charge is -2.21. The van der Waals surface area contributed by atoms with Crippen molar-refractivity contribution in [2.45, 2.75) is 38.5 Å². The van der Waals surface area contributed by atoms with Crippen molar-refractivity contribution in [3.05, 3.63) is 113 Å². The lowest BCUT2D eigenvalue weighted by molar-refractivity contribution is 0.660. The van der Waals surface area contributed by atoms with Crippen molar-refractivity contribution in [3.8, 4) is 11.1 Å². The lowest BCUT2D eigenvalue weighted by Crippen LogP contribution is -2.14. The van der Waals surface area contributed by atoms with E-state index in [1.165, 1.54) is 50.9 Å². The molecule has 0 saturated carbocycles.